The van der Waals surface area contributed by atoms with Crippen LogP contribution >= 0.6 is 11.3 Å². The first-order valence-electron chi connectivity index (χ1n) is 18.8. The smallest absolute Gasteiger partial charge is 0.258 e. The molecule has 0 spiro atoms. The van der Waals surface area contributed by atoms with Gasteiger partial charge in [-0.15, -0.1) is 11.3 Å². The van der Waals surface area contributed by atoms with Gasteiger partial charge in [-0.2, -0.15) is 0 Å². The van der Waals surface area contributed by atoms with Gasteiger partial charge in [0.15, 0.2) is 0 Å². The first-order valence-corrected chi connectivity index (χ1v) is 19.6. The van der Waals surface area contributed by atoms with Gasteiger partial charge in [-0.25, -0.2) is 9.97 Å². The minimum atomic E-state index is -0.00813. The zero-order valence-electron chi connectivity index (χ0n) is 32.6. The molecular formula is C46H49BN4S. The van der Waals surface area contributed by atoms with Gasteiger partial charge < -0.3 is 0 Å². The molecule has 6 aromatic rings. The average Bonchev–Trinajstić information content (AvgIpc) is 3.53. The first kappa shape index (κ1) is 33.4. The Kier molecular flexibility index (Phi) is 6.95. The molecule has 0 fully saturated rings. The summed E-state index contributed by atoms with van der Waals surface area (Å²) in [5.41, 5.74) is 14.4. The Morgan fingerprint density at radius 2 is 1.29 bits per heavy atom. The topological polar surface area (TPSA) is 32.3 Å². The van der Waals surface area contributed by atoms with Crippen molar-refractivity contribution in [3.63, 3.8) is 0 Å². The minimum absolute atomic E-state index is 0.00813. The lowest BCUT2D eigenvalue weighted by Gasteiger charge is -2.41. The number of thiophene rings is 1. The molecule has 3 aliphatic rings. The molecule has 0 bridgehead atoms. The van der Waals surface area contributed by atoms with Crippen molar-refractivity contribution in [1.82, 2.24) is 9.97 Å². The lowest BCUT2D eigenvalue weighted by atomic mass is 9.34. The van der Waals surface area contributed by atoms with Crippen molar-refractivity contribution in [3.8, 4) is 0 Å². The van der Waals surface area contributed by atoms with Gasteiger partial charge in [0.2, 0.25) is 0 Å². The molecule has 1 aliphatic carbocycles. The fraction of sp³-hybridized carbons (Fsp3) is 0.348. The molecule has 9 rings (SSSR count). The number of rotatable bonds is 2. The second-order valence-corrected chi connectivity index (χ2v) is 19.9. The third-order valence-electron chi connectivity index (χ3n) is 11.9. The molecule has 4 heterocycles. The van der Waals surface area contributed by atoms with Crippen molar-refractivity contribution in [1.29, 1.82) is 0 Å². The number of aromatic nitrogens is 2. The monoisotopic (exact) mass is 700 g/mol. The predicted octanol–water partition coefficient (Wildman–Crippen LogP) is 10.6. The van der Waals surface area contributed by atoms with E-state index in [0.717, 1.165) is 23.7 Å². The predicted molar refractivity (Wildman–Crippen MR) is 224 cm³/mol. The van der Waals surface area contributed by atoms with Crippen LogP contribution in [0.25, 0.3) is 10.1 Å². The van der Waals surface area contributed by atoms with Crippen molar-refractivity contribution in [2.45, 2.75) is 104 Å². The highest BCUT2D eigenvalue weighted by Gasteiger charge is 2.48. The van der Waals surface area contributed by atoms with E-state index in [9.17, 15) is 0 Å². The summed E-state index contributed by atoms with van der Waals surface area (Å²) in [5, 5.41) is 2.59. The summed E-state index contributed by atoms with van der Waals surface area (Å²) in [4.78, 5) is 15.2. The van der Waals surface area contributed by atoms with Gasteiger partial charge in [0, 0.05) is 27.2 Å². The fourth-order valence-electron chi connectivity index (χ4n) is 9.51. The van der Waals surface area contributed by atoms with Crippen LogP contribution in [0.2, 0.25) is 0 Å². The van der Waals surface area contributed by atoms with Crippen LogP contribution in [-0.2, 0) is 21.7 Å². The van der Waals surface area contributed by atoms with Crippen molar-refractivity contribution in [2.24, 2.45) is 0 Å². The summed E-state index contributed by atoms with van der Waals surface area (Å²) in [6, 6.07) is 30.4. The molecule has 0 amide bonds. The third-order valence-corrected chi connectivity index (χ3v) is 13.1. The Morgan fingerprint density at radius 1 is 0.654 bits per heavy atom. The standard InChI is InChI=1S/C46H49BN4S/c1-27-12-20-36-35(22-27)47-38-32-23-29(44(5,6)7)15-21-37(32)52-42(38)51(31-18-19-33-34(24-31)46(10,11)25-45(33,8)9)41-39(47)40(48-26-49-41)50(36)30-16-13-28(14-17-30)43(2,3)4/h12-24,26H,25H2,1-11H3. The molecule has 4 aromatic carbocycles. The normalized spacial score (nSPS) is 16.9. The Hall–Kier alpha value is -4.42. The van der Waals surface area contributed by atoms with Gasteiger partial charge in [-0.3, -0.25) is 9.80 Å². The lowest BCUT2D eigenvalue weighted by Crippen LogP contribution is -2.61. The number of fused-ring (bicyclic) bond motifs is 7. The molecule has 0 atom stereocenters. The summed E-state index contributed by atoms with van der Waals surface area (Å²) in [6.07, 6.45) is 2.91. The number of hydrogen-bond donors (Lipinski definition) is 0. The summed E-state index contributed by atoms with van der Waals surface area (Å²) in [5.74, 6) is 1.93. The van der Waals surface area contributed by atoms with E-state index in [4.69, 9.17) is 9.97 Å². The Bertz CT molecular complexity index is 2440. The van der Waals surface area contributed by atoms with Crippen molar-refractivity contribution in [3.05, 3.63) is 113 Å². The van der Waals surface area contributed by atoms with Crippen LogP contribution in [0.1, 0.15) is 103 Å². The number of hydrogen-bond acceptors (Lipinski definition) is 5. The van der Waals surface area contributed by atoms with E-state index < -0.39 is 0 Å². The molecule has 0 unspecified atom stereocenters. The summed E-state index contributed by atoms with van der Waals surface area (Å²) >= 11 is 1.90. The zero-order chi connectivity index (χ0) is 36.7. The van der Waals surface area contributed by atoms with Crippen LogP contribution in [-0.4, -0.2) is 16.7 Å². The van der Waals surface area contributed by atoms with Gasteiger partial charge in [0.05, 0.1) is 5.00 Å². The Morgan fingerprint density at radius 3 is 1.98 bits per heavy atom. The Labute approximate surface area is 314 Å². The van der Waals surface area contributed by atoms with Crippen LogP contribution in [0, 0.1) is 6.92 Å². The summed E-state index contributed by atoms with van der Waals surface area (Å²) in [7, 11) is 0. The average molecular weight is 701 g/mol. The Balaban J connectivity index is 1.36. The van der Waals surface area contributed by atoms with E-state index in [-0.39, 0.29) is 28.4 Å². The highest BCUT2D eigenvalue weighted by atomic mass is 32.1. The molecule has 6 heteroatoms. The molecule has 52 heavy (non-hydrogen) atoms. The van der Waals surface area contributed by atoms with Crippen LogP contribution < -0.4 is 26.2 Å². The largest absolute Gasteiger partial charge is 0.296 e. The number of aryl methyl sites for hydroxylation is 1. The van der Waals surface area contributed by atoms with Crippen LogP contribution in [0.5, 0.6) is 0 Å². The third kappa shape index (κ3) is 4.86. The van der Waals surface area contributed by atoms with E-state index in [1.165, 1.54) is 70.7 Å². The van der Waals surface area contributed by atoms with Crippen LogP contribution in [0.4, 0.5) is 33.7 Å². The second-order valence-electron chi connectivity index (χ2n) is 18.9. The molecule has 0 N–H and O–H groups in total. The highest BCUT2D eigenvalue weighted by Crippen LogP contribution is 2.52. The van der Waals surface area contributed by atoms with E-state index in [1.807, 2.05) is 11.3 Å². The number of anilines is 6. The van der Waals surface area contributed by atoms with E-state index in [2.05, 4.69) is 165 Å². The van der Waals surface area contributed by atoms with Gasteiger partial charge >= 0.3 is 0 Å². The van der Waals surface area contributed by atoms with Gasteiger partial charge in [-0.05, 0) is 110 Å². The zero-order valence-corrected chi connectivity index (χ0v) is 33.4. The van der Waals surface area contributed by atoms with Gasteiger partial charge in [0.1, 0.15) is 18.0 Å². The van der Waals surface area contributed by atoms with Crippen molar-refractivity contribution < 1.29 is 0 Å². The molecule has 0 saturated heterocycles. The summed E-state index contributed by atoms with van der Waals surface area (Å²) < 4.78 is 1.31. The highest BCUT2D eigenvalue weighted by molar-refractivity contribution is 7.26. The van der Waals surface area contributed by atoms with E-state index in [0.29, 0.717) is 0 Å². The quantitative estimate of drug-likeness (QED) is 0.168. The molecule has 4 nitrogen and oxygen atoms in total. The van der Waals surface area contributed by atoms with Crippen molar-refractivity contribution in [2.75, 3.05) is 9.80 Å². The second kappa shape index (κ2) is 10.8. The van der Waals surface area contributed by atoms with E-state index >= 15 is 0 Å². The SMILES string of the molecule is Cc1ccc2c(c1)B1c3c(ncnc3N(c3ccc4c(c3)C(C)(C)CC4(C)C)c3sc4ccc(C(C)(C)C)cc4c31)N2c1ccc(C(C)(C)C)cc1. The fourth-order valence-corrected chi connectivity index (χ4v) is 10.8. The van der Waals surface area contributed by atoms with E-state index in [1.54, 1.807) is 6.33 Å². The first-order chi connectivity index (χ1) is 24.4. The molecular weight excluding hydrogens is 651 g/mol. The molecule has 2 aliphatic heterocycles. The minimum Gasteiger partial charge on any atom is -0.296 e. The maximum atomic E-state index is 5.22. The van der Waals surface area contributed by atoms with Crippen LogP contribution in [0.3, 0.4) is 0 Å². The van der Waals surface area contributed by atoms with Crippen molar-refractivity contribution >= 4 is 78.2 Å². The number of nitrogens with zero attached hydrogens (tertiary/aromatic N) is 4. The van der Waals surface area contributed by atoms with Crippen LogP contribution in [0.15, 0.2) is 85.2 Å². The molecule has 0 saturated carbocycles. The molecule has 262 valence electrons. The lowest BCUT2D eigenvalue weighted by molar-refractivity contribution is 0.403. The van der Waals surface area contributed by atoms with Gasteiger partial charge in [0.25, 0.3) is 6.71 Å². The molecule has 2 aromatic heterocycles. The van der Waals surface area contributed by atoms with Gasteiger partial charge in [-0.1, -0.05) is 117 Å². The summed E-state index contributed by atoms with van der Waals surface area (Å²) in [6.45, 7) is 25.6. The maximum Gasteiger partial charge on any atom is 0.258 e. The maximum absolute atomic E-state index is 5.22. The molecule has 0 radical (unpaired) electrons. The number of benzene rings is 4.